The molecule has 0 bridgehead atoms. The second-order valence-electron chi connectivity index (χ2n) is 12.1. The fourth-order valence-electron chi connectivity index (χ4n) is 6.71. The number of aryl methyl sites for hydroxylation is 1. The Labute approximate surface area is 278 Å². The summed E-state index contributed by atoms with van der Waals surface area (Å²) in [6.07, 6.45) is -17.8. The molecule has 268 valence electrons. The van der Waals surface area contributed by atoms with E-state index in [-0.39, 0.29) is 42.2 Å². The highest BCUT2D eigenvalue weighted by atomic mass is 19.4. The van der Waals surface area contributed by atoms with E-state index in [1.807, 2.05) is 0 Å². The summed E-state index contributed by atoms with van der Waals surface area (Å²) in [4.78, 5) is 25.9. The van der Waals surface area contributed by atoms with Gasteiger partial charge >= 0.3 is 30.7 Å². The van der Waals surface area contributed by atoms with E-state index in [9.17, 15) is 49.1 Å². The van der Waals surface area contributed by atoms with Crippen LogP contribution in [0.1, 0.15) is 71.2 Å². The lowest BCUT2D eigenvalue weighted by Crippen LogP contribution is -2.41. The first-order valence-electron chi connectivity index (χ1n) is 15.3. The maximum absolute atomic E-state index is 14.1. The molecule has 0 radical (unpaired) electrons. The zero-order valence-electron chi connectivity index (χ0n) is 25.9. The maximum atomic E-state index is 14.1. The Morgan fingerprint density at radius 3 is 2.08 bits per heavy atom. The fourth-order valence-corrected chi connectivity index (χ4v) is 6.71. The Morgan fingerprint density at radius 1 is 0.800 bits per heavy atom. The van der Waals surface area contributed by atoms with Crippen LogP contribution in [0.2, 0.25) is 0 Å². The number of hydrogen-bond donors (Lipinski definition) is 2. The summed E-state index contributed by atoms with van der Waals surface area (Å²) in [6.45, 7) is 0. The molecule has 3 aliphatic heterocycles. The van der Waals surface area contributed by atoms with Crippen LogP contribution in [-0.2, 0) is 34.4 Å². The number of nitrogens with one attached hydrogen (secondary N) is 2. The number of methoxy groups -OCH3 is 1. The van der Waals surface area contributed by atoms with Gasteiger partial charge in [-0.3, -0.25) is 10.3 Å². The summed E-state index contributed by atoms with van der Waals surface area (Å²) < 4.78 is 140. The molecule has 3 aromatic carbocycles. The molecule has 8 nitrogen and oxygen atoms in total. The minimum absolute atomic E-state index is 0.0354. The van der Waals surface area contributed by atoms with Gasteiger partial charge in [0.2, 0.25) is 0 Å². The smallest absolute Gasteiger partial charge is 0.423 e. The molecule has 0 aliphatic carbocycles. The molecular weight excluding hydrogens is 689 g/mol. The summed E-state index contributed by atoms with van der Waals surface area (Å²) >= 11 is 0. The van der Waals surface area contributed by atoms with Crippen molar-refractivity contribution in [1.29, 1.82) is 0 Å². The predicted molar refractivity (Wildman–Crippen MR) is 156 cm³/mol. The van der Waals surface area contributed by atoms with Crippen LogP contribution >= 0.6 is 0 Å². The summed E-state index contributed by atoms with van der Waals surface area (Å²) in [5.74, 6) is 0.278. The van der Waals surface area contributed by atoms with Gasteiger partial charge in [-0.2, -0.15) is 44.9 Å². The number of amides is 2. The van der Waals surface area contributed by atoms with Crippen LogP contribution in [0.5, 0.6) is 5.75 Å². The quantitative estimate of drug-likeness (QED) is 0.238. The maximum Gasteiger partial charge on any atom is 0.423 e. The van der Waals surface area contributed by atoms with E-state index in [1.54, 1.807) is 18.2 Å². The van der Waals surface area contributed by atoms with E-state index < -0.39 is 77.4 Å². The molecule has 17 heteroatoms. The molecule has 0 spiro atoms. The van der Waals surface area contributed by atoms with Crippen molar-refractivity contribution in [3.8, 4) is 16.9 Å². The van der Waals surface area contributed by atoms with Crippen LogP contribution in [0.25, 0.3) is 11.1 Å². The van der Waals surface area contributed by atoms with Crippen molar-refractivity contribution in [2.45, 2.75) is 75.0 Å². The van der Waals surface area contributed by atoms with Gasteiger partial charge in [-0.05, 0) is 90.4 Å². The summed E-state index contributed by atoms with van der Waals surface area (Å²) in [7, 11) is 1.36. The molecule has 2 amide bonds. The van der Waals surface area contributed by atoms with E-state index in [0.29, 0.717) is 36.1 Å². The first-order chi connectivity index (χ1) is 23.4. The Bertz CT molecular complexity index is 1760. The van der Waals surface area contributed by atoms with Gasteiger partial charge in [-0.15, -0.1) is 0 Å². The van der Waals surface area contributed by atoms with E-state index >= 15 is 0 Å². The van der Waals surface area contributed by atoms with Crippen molar-refractivity contribution in [3.63, 3.8) is 0 Å². The number of rotatable bonds is 7. The number of cyclic esters (lactones) is 2. The standard InChI is InChI=1S/C33H28F9N3O5/c1-48-26-9-5-16(6-10-27-43-44-29(46)49-27)11-23(26)21-8-7-18(31(34,35)36)15-22(21)24-3-2-4-25-28(50-30(47)45(24)25)17-12-19(32(37,38)39)14-20(13-17)33(40,41)42/h5,7-9,11-15,24-25,27-28,43H,2-4,6,10H2,1H3,(H,44,46). The van der Waals surface area contributed by atoms with Crippen molar-refractivity contribution in [3.05, 3.63) is 88.0 Å². The number of benzene rings is 3. The summed E-state index contributed by atoms with van der Waals surface area (Å²) in [5, 5.41) is 0. The summed E-state index contributed by atoms with van der Waals surface area (Å²) in [6, 6.07) is 6.75. The molecule has 50 heavy (non-hydrogen) atoms. The van der Waals surface area contributed by atoms with Gasteiger partial charge in [-0.25, -0.2) is 9.59 Å². The molecular formula is C33H28F9N3O5. The number of alkyl halides is 9. The molecule has 3 aliphatic rings. The largest absolute Gasteiger partial charge is 0.496 e. The van der Waals surface area contributed by atoms with E-state index in [4.69, 9.17) is 14.2 Å². The number of carbonyl (C=O) groups is 2. The lowest BCUT2D eigenvalue weighted by molar-refractivity contribution is -0.143. The van der Waals surface area contributed by atoms with Crippen molar-refractivity contribution < 1.29 is 63.3 Å². The van der Waals surface area contributed by atoms with Crippen LogP contribution < -0.4 is 15.6 Å². The first-order valence-corrected chi connectivity index (χ1v) is 15.3. The van der Waals surface area contributed by atoms with Crippen molar-refractivity contribution >= 4 is 12.2 Å². The monoisotopic (exact) mass is 717 g/mol. The topological polar surface area (TPSA) is 89.1 Å². The zero-order valence-corrected chi connectivity index (χ0v) is 25.9. The highest BCUT2D eigenvalue weighted by molar-refractivity contribution is 5.77. The third-order valence-corrected chi connectivity index (χ3v) is 8.97. The first kappa shape index (κ1) is 35.2. The molecule has 2 N–H and O–H groups in total. The lowest BCUT2D eigenvalue weighted by Gasteiger charge is -2.38. The van der Waals surface area contributed by atoms with Crippen LogP contribution in [0.3, 0.4) is 0 Å². The second kappa shape index (κ2) is 12.9. The minimum atomic E-state index is -5.15. The second-order valence-corrected chi connectivity index (χ2v) is 12.1. The Balaban J connectivity index is 1.41. The lowest BCUT2D eigenvalue weighted by atomic mass is 9.83. The zero-order chi connectivity index (χ0) is 36.2. The average Bonchev–Trinajstić information content (AvgIpc) is 3.64. The van der Waals surface area contributed by atoms with E-state index in [0.717, 1.165) is 17.0 Å². The highest BCUT2D eigenvalue weighted by Crippen LogP contribution is 2.50. The van der Waals surface area contributed by atoms with Crippen LogP contribution in [0.15, 0.2) is 54.6 Å². The van der Waals surface area contributed by atoms with Crippen molar-refractivity contribution in [2.24, 2.45) is 0 Å². The number of fused-ring (bicyclic) bond motifs is 1. The van der Waals surface area contributed by atoms with Crippen LogP contribution in [-0.4, -0.2) is 36.5 Å². The van der Waals surface area contributed by atoms with Gasteiger partial charge in [0.25, 0.3) is 0 Å². The highest BCUT2D eigenvalue weighted by Gasteiger charge is 2.50. The van der Waals surface area contributed by atoms with E-state index in [1.165, 1.54) is 13.2 Å². The molecule has 3 heterocycles. The third-order valence-electron chi connectivity index (χ3n) is 8.97. The van der Waals surface area contributed by atoms with Gasteiger partial charge in [0, 0.05) is 12.0 Å². The molecule has 3 saturated heterocycles. The molecule has 6 rings (SSSR count). The number of nitrogens with zero attached hydrogens (tertiary/aromatic N) is 1. The SMILES string of the molecule is COc1ccc(CCC2NNC(=O)O2)cc1-c1ccc(C(F)(F)F)cc1C1CCCC2C(c3cc(C(F)(F)F)cc(C(F)(F)F)c3)OC(=O)N12. The van der Waals surface area contributed by atoms with Gasteiger partial charge in [0.1, 0.15) is 11.9 Å². The average molecular weight is 718 g/mol. The van der Waals surface area contributed by atoms with Crippen molar-refractivity contribution in [1.82, 2.24) is 15.8 Å². The number of carbonyl (C=O) groups excluding carboxylic acids is 2. The van der Waals surface area contributed by atoms with Crippen LogP contribution in [0, 0.1) is 0 Å². The molecule has 0 saturated carbocycles. The molecule has 3 fully saturated rings. The van der Waals surface area contributed by atoms with Crippen LogP contribution in [0.4, 0.5) is 49.1 Å². The van der Waals surface area contributed by atoms with Gasteiger partial charge in [-0.1, -0.05) is 12.1 Å². The molecule has 3 aromatic rings. The Morgan fingerprint density at radius 2 is 1.48 bits per heavy atom. The molecule has 4 unspecified atom stereocenters. The van der Waals surface area contributed by atoms with E-state index in [2.05, 4.69) is 10.9 Å². The van der Waals surface area contributed by atoms with Gasteiger partial charge in [0.15, 0.2) is 6.23 Å². The number of piperidine rings is 1. The third kappa shape index (κ3) is 7.00. The van der Waals surface area contributed by atoms with Crippen molar-refractivity contribution in [2.75, 3.05) is 7.11 Å². The Hall–Kier alpha value is -4.67. The number of hydrazine groups is 1. The summed E-state index contributed by atoms with van der Waals surface area (Å²) in [5.41, 5.74) is 1.58. The number of hydrogen-bond acceptors (Lipinski definition) is 6. The normalized spacial score (nSPS) is 22.6. The number of ether oxygens (including phenoxy) is 3. The predicted octanol–water partition coefficient (Wildman–Crippen LogP) is 8.71. The van der Waals surface area contributed by atoms with Gasteiger partial charge in [0.05, 0.1) is 35.9 Å². The minimum Gasteiger partial charge on any atom is -0.496 e. The Kier molecular flexibility index (Phi) is 9.07. The van der Waals surface area contributed by atoms with Gasteiger partial charge < -0.3 is 14.2 Å². The molecule has 4 atom stereocenters. The fraction of sp³-hybridized carbons (Fsp3) is 0.394. The number of halogens is 9. The molecule has 0 aromatic heterocycles.